The molecular formula is C23H28FNO4. The minimum absolute atomic E-state index is 0.0534. The Bertz CT molecular complexity index is 801. The van der Waals surface area contributed by atoms with E-state index in [0.29, 0.717) is 29.5 Å². The van der Waals surface area contributed by atoms with Gasteiger partial charge in [0, 0.05) is 18.4 Å². The third kappa shape index (κ3) is 6.76. The number of aliphatic hydroxyl groups is 1. The summed E-state index contributed by atoms with van der Waals surface area (Å²) < 4.78 is 13.1. The molecule has 0 aliphatic carbocycles. The summed E-state index contributed by atoms with van der Waals surface area (Å²) in [6, 6.07) is 12.6. The number of hydroxylamine groups is 1. The molecule has 0 bridgehead atoms. The van der Waals surface area contributed by atoms with E-state index in [1.54, 1.807) is 48.8 Å². The van der Waals surface area contributed by atoms with Gasteiger partial charge in [0.25, 0.3) is 0 Å². The zero-order valence-corrected chi connectivity index (χ0v) is 16.7. The normalized spacial score (nSPS) is 13.0. The molecule has 0 aliphatic rings. The van der Waals surface area contributed by atoms with Gasteiger partial charge in [-0.05, 0) is 43.0 Å². The van der Waals surface area contributed by atoms with Crippen molar-refractivity contribution >= 4 is 11.7 Å². The molecule has 0 aromatic heterocycles. The second-order valence-electron chi connectivity index (χ2n) is 7.38. The fourth-order valence-corrected chi connectivity index (χ4v) is 3.22. The van der Waals surface area contributed by atoms with Gasteiger partial charge in [-0.25, -0.2) is 9.87 Å². The Morgan fingerprint density at radius 1 is 0.862 bits per heavy atom. The number of hydrogen-bond donors (Lipinski definition) is 3. The van der Waals surface area contributed by atoms with Crippen molar-refractivity contribution in [2.24, 2.45) is 0 Å². The van der Waals surface area contributed by atoms with Gasteiger partial charge in [0.15, 0.2) is 5.78 Å². The summed E-state index contributed by atoms with van der Waals surface area (Å²) in [5.74, 6) is -0.680. The minimum atomic E-state index is -1.28. The number of carbonyl (C=O) groups excluding carboxylic acids is 2. The number of Topliss-reactive ketones (excluding diaryl/α,β-unsaturated/α-hetero) is 1. The number of ketones is 1. The second kappa shape index (κ2) is 10.8. The van der Waals surface area contributed by atoms with Crippen LogP contribution in [0.2, 0.25) is 0 Å². The van der Waals surface area contributed by atoms with E-state index in [-0.39, 0.29) is 17.5 Å². The standard InChI is InChI=1S/C23H28FNO4/c1-23(28,19-13-15-20(24)16-14-19)18-11-9-17(10-12-18)21(26)7-5-3-2-4-6-8-22(27)25-29/h9-16,28-29H,2-8H2,1H3,(H,25,27)/t23-/m0/s1. The van der Waals surface area contributed by atoms with Crippen LogP contribution in [0.3, 0.4) is 0 Å². The molecule has 1 atom stereocenters. The van der Waals surface area contributed by atoms with Crippen molar-refractivity contribution in [3.8, 4) is 0 Å². The summed E-state index contributed by atoms with van der Waals surface area (Å²) >= 11 is 0. The lowest BCUT2D eigenvalue weighted by molar-refractivity contribution is -0.129. The smallest absolute Gasteiger partial charge is 0.243 e. The van der Waals surface area contributed by atoms with Crippen molar-refractivity contribution in [3.63, 3.8) is 0 Å². The van der Waals surface area contributed by atoms with Crippen LogP contribution in [0.4, 0.5) is 4.39 Å². The van der Waals surface area contributed by atoms with Crippen LogP contribution in [0.25, 0.3) is 0 Å². The summed E-state index contributed by atoms with van der Waals surface area (Å²) in [5.41, 5.74) is 2.15. The van der Waals surface area contributed by atoms with Gasteiger partial charge >= 0.3 is 0 Å². The molecule has 3 N–H and O–H groups in total. The monoisotopic (exact) mass is 401 g/mol. The molecule has 0 unspecified atom stereocenters. The summed E-state index contributed by atoms with van der Waals surface area (Å²) in [5, 5.41) is 19.2. The molecule has 2 aromatic carbocycles. The first-order valence-corrected chi connectivity index (χ1v) is 9.89. The largest absolute Gasteiger partial charge is 0.381 e. The molecule has 0 aliphatic heterocycles. The van der Waals surface area contributed by atoms with Crippen LogP contribution < -0.4 is 5.48 Å². The highest BCUT2D eigenvalue weighted by molar-refractivity contribution is 5.96. The molecule has 29 heavy (non-hydrogen) atoms. The molecule has 0 fully saturated rings. The average molecular weight is 401 g/mol. The number of nitrogens with one attached hydrogen (secondary N) is 1. The highest BCUT2D eigenvalue weighted by Crippen LogP contribution is 2.29. The summed E-state index contributed by atoms with van der Waals surface area (Å²) in [6.07, 6.45) is 4.98. The predicted octanol–water partition coefficient (Wildman–Crippen LogP) is 4.50. The molecule has 2 rings (SSSR count). The number of hydrogen-bond acceptors (Lipinski definition) is 4. The van der Waals surface area contributed by atoms with Gasteiger partial charge in [-0.1, -0.05) is 55.7 Å². The highest BCUT2D eigenvalue weighted by atomic mass is 19.1. The van der Waals surface area contributed by atoms with Gasteiger partial charge in [-0.15, -0.1) is 0 Å². The lowest BCUT2D eigenvalue weighted by Crippen LogP contribution is -2.22. The van der Waals surface area contributed by atoms with Crippen LogP contribution in [0.5, 0.6) is 0 Å². The van der Waals surface area contributed by atoms with Crippen LogP contribution in [-0.4, -0.2) is 22.0 Å². The highest BCUT2D eigenvalue weighted by Gasteiger charge is 2.25. The van der Waals surface area contributed by atoms with Crippen molar-refractivity contribution in [1.29, 1.82) is 0 Å². The van der Waals surface area contributed by atoms with E-state index < -0.39 is 5.60 Å². The SMILES string of the molecule is C[C@@](O)(c1ccc(F)cc1)c1ccc(C(=O)CCCCCCCC(=O)NO)cc1. The first kappa shape index (κ1) is 22.7. The Balaban J connectivity index is 1.81. The Kier molecular flexibility index (Phi) is 8.49. The Labute approximate surface area is 170 Å². The van der Waals surface area contributed by atoms with Gasteiger partial charge in [0.05, 0.1) is 0 Å². The van der Waals surface area contributed by atoms with Crippen molar-refractivity contribution < 1.29 is 24.3 Å². The van der Waals surface area contributed by atoms with Gasteiger partial charge in [0.1, 0.15) is 11.4 Å². The first-order chi connectivity index (χ1) is 13.8. The van der Waals surface area contributed by atoms with E-state index in [2.05, 4.69) is 0 Å². The zero-order valence-electron chi connectivity index (χ0n) is 16.7. The molecule has 0 saturated heterocycles. The summed E-state index contributed by atoms with van der Waals surface area (Å²) in [4.78, 5) is 23.2. The summed E-state index contributed by atoms with van der Waals surface area (Å²) in [6.45, 7) is 1.64. The minimum Gasteiger partial charge on any atom is -0.381 e. The fraction of sp³-hybridized carbons (Fsp3) is 0.391. The number of carbonyl (C=O) groups is 2. The van der Waals surface area contributed by atoms with E-state index >= 15 is 0 Å². The number of unbranched alkanes of at least 4 members (excludes halogenated alkanes) is 4. The molecule has 0 saturated carbocycles. The van der Waals surface area contributed by atoms with E-state index in [4.69, 9.17) is 5.21 Å². The molecule has 0 spiro atoms. The third-order valence-corrected chi connectivity index (χ3v) is 5.11. The maximum Gasteiger partial charge on any atom is 0.243 e. The van der Waals surface area contributed by atoms with E-state index in [1.165, 1.54) is 12.1 Å². The first-order valence-electron chi connectivity index (χ1n) is 9.89. The zero-order chi connectivity index (χ0) is 21.3. The lowest BCUT2D eigenvalue weighted by atomic mass is 9.87. The molecule has 0 radical (unpaired) electrons. The Hall–Kier alpha value is -2.57. The molecule has 6 heteroatoms. The fourth-order valence-electron chi connectivity index (χ4n) is 3.22. The van der Waals surface area contributed by atoms with Crippen LogP contribution in [-0.2, 0) is 10.4 Å². The molecule has 2 aromatic rings. The number of amides is 1. The van der Waals surface area contributed by atoms with E-state index in [0.717, 1.165) is 32.1 Å². The lowest BCUT2D eigenvalue weighted by Gasteiger charge is -2.24. The summed E-state index contributed by atoms with van der Waals surface area (Å²) in [7, 11) is 0. The van der Waals surface area contributed by atoms with Crippen LogP contribution in [0.1, 0.15) is 73.4 Å². The van der Waals surface area contributed by atoms with Crippen molar-refractivity contribution in [2.45, 2.75) is 57.5 Å². The molecule has 1 amide bonds. The van der Waals surface area contributed by atoms with Crippen molar-refractivity contribution in [2.75, 3.05) is 0 Å². The number of halogens is 1. The Morgan fingerprint density at radius 3 is 1.90 bits per heavy atom. The van der Waals surface area contributed by atoms with E-state index in [1.807, 2.05) is 0 Å². The van der Waals surface area contributed by atoms with Gasteiger partial charge in [-0.2, -0.15) is 0 Å². The molecular weight excluding hydrogens is 373 g/mol. The van der Waals surface area contributed by atoms with Gasteiger partial charge in [-0.3, -0.25) is 14.8 Å². The van der Waals surface area contributed by atoms with Crippen molar-refractivity contribution in [3.05, 3.63) is 71.0 Å². The molecule has 5 nitrogen and oxygen atoms in total. The quantitative estimate of drug-likeness (QED) is 0.224. The predicted molar refractivity (Wildman–Crippen MR) is 108 cm³/mol. The van der Waals surface area contributed by atoms with Crippen LogP contribution >= 0.6 is 0 Å². The second-order valence-corrected chi connectivity index (χ2v) is 7.38. The number of rotatable bonds is 11. The maximum absolute atomic E-state index is 13.1. The van der Waals surface area contributed by atoms with Gasteiger partial charge < -0.3 is 5.11 Å². The average Bonchev–Trinajstić information content (AvgIpc) is 2.73. The van der Waals surface area contributed by atoms with E-state index in [9.17, 15) is 19.1 Å². The Morgan fingerprint density at radius 2 is 1.34 bits per heavy atom. The van der Waals surface area contributed by atoms with Crippen molar-refractivity contribution in [1.82, 2.24) is 5.48 Å². The molecule has 156 valence electrons. The topological polar surface area (TPSA) is 86.6 Å². The van der Waals surface area contributed by atoms with Gasteiger partial charge in [0.2, 0.25) is 5.91 Å². The number of benzene rings is 2. The van der Waals surface area contributed by atoms with Crippen LogP contribution in [0.15, 0.2) is 48.5 Å². The molecule has 0 heterocycles. The maximum atomic E-state index is 13.1. The van der Waals surface area contributed by atoms with Crippen LogP contribution in [0, 0.1) is 5.82 Å². The third-order valence-electron chi connectivity index (χ3n) is 5.11.